The van der Waals surface area contributed by atoms with Gasteiger partial charge in [0.15, 0.2) is 11.5 Å². The highest BCUT2D eigenvalue weighted by molar-refractivity contribution is 5.93. The summed E-state index contributed by atoms with van der Waals surface area (Å²) < 4.78 is 18.9. The van der Waals surface area contributed by atoms with Crippen molar-refractivity contribution in [3.8, 4) is 11.5 Å². The first kappa shape index (κ1) is 22.6. The minimum Gasteiger partial charge on any atom is -0.504 e. The zero-order valence-electron chi connectivity index (χ0n) is 16.7. The van der Waals surface area contributed by atoms with E-state index in [2.05, 4.69) is 22.4 Å². The Morgan fingerprint density at radius 3 is 2.67 bits per heavy atom. The predicted octanol–water partition coefficient (Wildman–Crippen LogP) is 3.53. The van der Waals surface area contributed by atoms with Crippen molar-refractivity contribution in [1.29, 1.82) is 0 Å². The summed E-state index contributed by atoms with van der Waals surface area (Å²) in [6, 6.07) is 9.09. The van der Waals surface area contributed by atoms with E-state index in [0.717, 1.165) is 0 Å². The first-order chi connectivity index (χ1) is 14.4. The maximum Gasteiger partial charge on any atom is 0.240 e. The van der Waals surface area contributed by atoms with Gasteiger partial charge in [-0.05, 0) is 43.2 Å². The van der Waals surface area contributed by atoms with Crippen LogP contribution in [0.4, 0.5) is 10.1 Å². The Bertz CT molecular complexity index is 944. The van der Waals surface area contributed by atoms with Crippen LogP contribution >= 0.6 is 0 Å². The third-order valence-electron chi connectivity index (χ3n) is 3.97. The van der Waals surface area contributed by atoms with Crippen LogP contribution in [-0.4, -0.2) is 29.7 Å². The van der Waals surface area contributed by atoms with Crippen LogP contribution in [0.2, 0.25) is 0 Å². The summed E-state index contributed by atoms with van der Waals surface area (Å²) in [5.74, 6) is -1.14. The number of carbonyl (C=O) groups excluding carboxylic acids is 2. The number of hydrogen-bond donors (Lipinski definition) is 3. The molecule has 3 N–H and O–H groups in total. The summed E-state index contributed by atoms with van der Waals surface area (Å²) in [5.41, 5.74) is 3.63. The number of allylic oxidation sites excluding steroid dienone is 1. The van der Waals surface area contributed by atoms with E-state index in [1.807, 2.05) is 0 Å². The Morgan fingerprint density at radius 1 is 1.23 bits per heavy atom. The molecule has 0 fully saturated rings. The van der Waals surface area contributed by atoms with Crippen molar-refractivity contribution in [3.05, 3.63) is 66.0 Å². The number of rotatable bonds is 10. The molecule has 2 aromatic rings. The van der Waals surface area contributed by atoms with Gasteiger partial charge in [-0.2, -0.15) is 5.10 Å². The number of amides is 2. The number of phenols is 1. The topological polar surface area (TPSA) is 100 Å². The number of hydrazone groups is 1. The van der Waals surface area contributed by atoms with Gasteiger partial charge < -0.3 is 15.2 Å². The second-order valence-corrected chi connectivity index (χ2v) is 6.27. The van der Waals surface area contributed by atoms with Gasteiger partial charge in [0.25, 0.3) is 0 Å². The third-order valence-corrected chi connectivity index (χ3v) is 3.97. The molecular formula is C22H24FN3O4. The maximum atomic E-state index is 13.5. The van der Waals surface area contributed by atoms with E-state index in [1.54, 1.807) is 31.2 Å². The number of nitrogens with one attached hydrogen (secondary N) is 2. The number of carbonyl (C=O) groups is 2. The Hall–Kier alpha value is -3.68. The molecule has 0 unspecified atom stereocenters. The largest absolute Gasteiger partial charge is 0.504 e. The lowest BCUT2D eigenvalue weighted by Gasteiger charge is -2.10. The van der Waals surface area contributed by atoms with E-state index in [9.17, 15) is 19.1 Å². The quantitative estimate of drug-likeness (QED) is 0.315. The number of ether oxygens (including phenoxy) is 1. The van der Waals surface area contributed by atoms with Crippen molar-refractivity contribution in [2.45, 2.75) is 26.2 Å². The summed E-state index contributed by atoms with van der Waals surface area (Å²) in [5, 5.41) is 16.5. The first-order valence-corrected chi connectivity index (χ1v) is 9.40. The molecule has 0 saturated carbocycles. The van der Waals surface area contributed by atoms with E-state index in [0.29, 0.717) is 29.9 Å². The number of nitrogens with zero attached hydrogens (tertiary/aromatic N) is 1. The highest BCUT2D eigenvalue weighted by Crippen LogP contribution is 2.31. The van der Waals surface area contributed by atoms with Crippen molar-refractivity contribution < 1.29 is 23.8 Å². The standard InChI is InChI=1S/C22H24FN3O4/c1-3-7-16-12-15(13-19(22(16)29)30-4-2)14-24-26-21(28)11-10-20(27)25-18-9-6-5-8-17(18)23/h3,5-6,8-9,12-14,29H,1,4,7,10-11H2,2H3,(H,25,27)(H,26,28)/b24-14+. The van der Waals surface area contributed by atoms with E-state index in [1.165, 1.54) is 24.4 Å². The lowest BCUT2D eigenvalue weighted by Crippen LogP contribution is -2.21. The zero-order chi connectivity index (χ0) is 21.9. The number of benzene rings is 2. The monoisotopic (exact) mass is 413 g/mol. The van der Waals surface area contributed by atoms with Crippen LogP contribution in [0.1, 0.15) is 30.9 Å². The lowest BCUT2D eigenvalue weighted by atomic mass is 10.1. The summed E-state index contributed by atoms with van der Waals surface area (Å²) in [6.07, 6.45) is 3.27. The molecule has 0 aromatic heterocycles. The predicted molar refractivity (Wildman–Crippen MR) is 113 cm³/mol. The van der Waals surface area contributed by atoms with Crippen LogP contribution in [0, 0.1) is 5.82 Å². The van der Waals surface area contributed by atoms with Gasteiger partial charge in [0.2, 0.25) is 11.8 Å². The summed E-state index contributed by atoms with van der Waals surface area (Å²) in [4.78, 5) is 23.7. The molecule has 0 atom stereocenters. The molecule has 0 aliphatic heterocycles. The molecule has 2 amide bonds. The Morgan fingerprint density at radius 2 is 1.97 bits per heavy atom. The first-order valence-electron chi connectivity index (χ1n) is 9.40. The van der Waals surface area contributed by atoms with Crippen LogP contribution in [0.3, 0.4) is 0 Å². The van der Waals surface area contributed by atoms with Gasteiger partial charge in [0, 0.05) is 18.4 Å². The minimum absolute atomic E-state index is 0.0406. The van der Waals surface area contributed by atoms with E-state index in [4.69, 9.17) is 4.74 Å². The average molecular weight is 413 g/mol. The highest BCUT2D eigenvalue weighted by Gasteiger charge is 2.11. The normalized spacial score (nSPS) is 10.6. The minimum atomic E-state index is -0.545. The Balaban J connectivity index is 1.90. The fourth-order valence-electron chi connectivity index (χ4n) is 2.58. The van der Waals surface area contributed by atoms with Crippen LogP contribution in [-0.2, 0) is 16.0 Å². The van der Waals surface area contributed by atoms with Crippen molar-refractivity contribution in [2.24, 2.45) is 5.10 Å². The van der Waals surface area contributed by atoms with Gasteiger partial charge >= 0.3 is 0 Å². The molecule has 158 valence electrons. The number of halogens is 1. The van der Waals surface area contributed by atoms with Gasteiger partial charge in [0.1, 0.15) is 5.82 Å². The molecule has 0 spiro atoms. The van der Waals surface area contributed by atoms with Crippen LogP contribution in [0.5, 0.6) is 11.5 Å². The zero-order valence-corrected chi connectivity index (χ0v) is 16.7. The van der Waals surface area contributed by atoms with Crippen LogP contribution in [0.25, 0.3) is 0 Å². The van der Waals surface area contributed by atoms with Crippen molar-refractivity contribution in [1.82, 2.24) is 5.43 Å². The van der Waals surface area contributed by atoms with E-state index >= 15 is 0 Å². The Kier molecular flexibility index (Phi) is 8.56. The fourth-order valence-corrected chi connectivity index (χ4v) is 2.58. The molecule has 0 bridgehead atoms. The molecule has 0 aliphatic rings. The highest BCUT2D eigenvalue weighted by atomic mass is 19.1. The molecule has 2 aromatic carbocycles. The van der Waals surface area contributed by atoms with Gasteiger partial charge in [-0.1, -0.05) is 18.2 Å². The number of hydrogen-bond acceptors (Lipinski definition) is 5. The smallest absolute Gasteiger partial charge is 0.240 e. The lowest BCUT2D eigenvalue weighted by molar-refractivity contribution is -0.124. The SMILES string of the molecule is C=CCc1cc(/C=N/NC(=O)CCC(=O)Nc2ccccc2F)cc(OCC)c1O. The number of para-hydroxylation sites is 1. The number of anilines is 1. The molecule has 8 heteroatoms. The molecular weight excluding hydrogens is 389 g/mol. The number of aromatic hydroxyl groups is 1. The van der Waals surface area contributed by atoms with Gasteiger partial charge in [-0.3, -0.25) is 9.59 Å². The van der Waals surface area contributed by atoms with Crippen molar-refractivity contribution >= 4 is 23.7 Å². The van der Waals surface area contributed by atoms with Gasteiger partial charge in [-0.25, -0.2) is 9.82 Å². The molecule has 30 heavy (non-hydrogen) atoms. The second kappa shape index (κ2) is 11.4. The molecule has 0 aliphatic carbocycles. The maximum absolute atomic E-state index is 13.5. The molecule has 0 saturated heterocycles. The fraction of sp³-hybridized carbons (Fsp3) is 0.227. The van der Waals surface area contributed by atoms with Crippen LogP contribution < -0.4 is 15.5 Å². The molecule has 0 heterocycles. The summed E-state index contributed by atoms with van der Waals surface area (Å²) >= 11 is 0. The van der Waals surface area contributed by atoms with Gasteiger partial charge in [0.05, 0.1) is 18.5 Å². The van der Waals surface area contributed by atoms with Crippen molar-refractivity contribution in [3.63, 3.8) is 0 Å². The summed E-state index contributed by atoms with van der Waals surface area (Å²) in [7, 11) is 0. The van der Waals surface area contributed by atoms with E-state index < -0.39 is 17.6 Å². The van der Waals surface area contributed by atoms with E-state index in [-0.39, 0.29) is 24.3 Å². The van der Waals surface area contributed by atoms with Crippen molar-refractivity contribution in [2.75, 3.05) is 11.9 Å². The van der Waals surface area contributed by atoms with Crippen LogP contribution in [0.15, 0.2) is 54.2 Å². The molecule has 2 rings (SSSR count). The molecule has 0 radical (unpaired) electrons. The Labute approximate surface area is 174 Å². The average Bonchev–Trinajstić information content (AvgIpc) is 2.72. The molecule has 7 nitrogen and oxygen atoms in total. The van der Waals surface area contributed by atoms with Gasteiger partial charge in [-0.15, -0.1) is 6.58 Å². The number of phenolic OH excluding ortho intramolecular Hbond substituents is 1. The third kappa shape index (κ3) is 6.73. The summed E-state index contributed by atoms with van der Waals surface area (Å²) in [6.45, 7) is 5.84. The second-order valence-electron chi connectivity index (χ2n) is 6.27.